The Morgan fingerprint density at radius 3 is 2.42 bits per heavy atom. The van der Waals surface area contributed by atoms with E-state index in [1.807, 2.05) is 19.9 Å². The Kier molecular flexibility index (Phi) is 4.71. The number of carbonyl (C=O) groups is 1. The lowest BCUT2D eigenvalue weighted by Gasteiger charge is -2.16. The van der Waals surface area contributed by atoms with Gasteiger partial charge in [-0.2, -0.15) is 0 Å². The molecule has 0 saturated carbocycles. The van der Waals surface area contributed by atoms with Crippen molar-refractivity contribution in [1.29, 1.82) is 0 Å². The van der Waals surface area contributed by atoms with Gasteiger partial charge in [0.2, 0.25) is 5.76 Å². The molecule has 0 aromatic heterocycles. The van der Waals surface area contributed by atoms with E-state index in [0.717, 1.165) is 5.57 Å². The molecule has 26 heavy (non-hydrogen) atoms. The van der Waals surface area contributed by atoms with Crippen LogP contribution in [-0.4, -0.2) is 21.3 Å². The molecular formula is C21H20O5. The average molecular weight is 352 g/mol. The molecule has 3 N–H and O–H groups in total. The lowest BCUT2D eigenvalue weighted by Crippen LogP contribution is -2.04. The molecule has 1 heterocycles. The number of ether oxygens (including phenoxy) is 1. The summed E-state index contributed by atoms with van der Waals surface area (Å²) in [7, 11) is 0. The molecule has 0 spiro atoms. The summed E-state index contributed by atoms with van der Waals surface area (Å²) < 4.78 is 5.35. The molecule has 5 heteroatoms. The van der Waals surface area contributed by atoms with Crippen molar-refractivity contribution in [2.24, 2.45) is 0 Å². The molecule has 0 amide bonds. The van der Waals surface area contributed by atoms with Crippen LogP contribution in [0.25, 0.3) is 5.57 Å². The number of cyclic esters (lactones) is 1. The summed E-state index contributed by atoms with van der Waals surface area (Å²) in [5.74, 6) is -0.990. The van der Waals surface area contributed by atoms with Gasteiger partial charge in [0, 0.05) is 0 Å². The Balaban J connectivity index is 2.02. The number of aliphatic hydroxyl groups is 1. The first-order valence-electron chi connectivity index (χ1n) is 8.25. The fraction of sp³-hybridized carbons (Fsp3) is 0.190. The second kappa shape index (κ2) is 6.96. The summed E-state index contributed by atoms with van der Waals surface area (Å²) >= 11 is 0. The average Bonchev–Trinajstić information content (AvgIpc) is 2.90. The zero-order chi connectivity index (χ0) is 18.8. The van der Waals surface area contributed by atoms with Gasteiger partial charge in [-0.05, 0) is 61.2 Å². The lowest BCUT2D eigenvalue weighted by molar-refractivity contribution is -0.142. The number of benzene rings is 2. The second-order valence-corrected chi connectivity index (χ2v) is 6.47. The largest absolute Gasteiger partial charge is 0.508 e. The van der Waals surface area contributed by atoms with Crippen LogP contribution >= 0.6 is 0 Å². The molecule has 0 saturated heterocycles. The maximum Gasteiger partial charge on any atom is 0.374 e. The van der Waals surface area contributed by atoms with Crippen molar-refractivity contribution in [3.05, 3.63) is 76.6 Å². The Hall–Kier alpha value is -3.21. The number of phenolic OH excluding ortho intramolecular Hbond substituents is 2. The molecule has 1 atom stereocenters. The van der Waals surface area contributed by atoms with Crippen molar-refractivity contribution in [2.75, 3.05) is 0 Å². The smallest absolute Gasteiger partial charge is 0.374 e. The van der Waals surface area contributed by atoms with Crippen LogP contribution in [0.1, 0.15) is 36.6 Å². The molecular weight excluding hydrogens is 332 g/mol. The lowest BCUT2D eigenvalue weighted by atomic mass is 9.93. The first-order chi connectivity index (χ1) is 12.4. The van der Waals surface area contributed by atoms with E-state index in [9.17, 15) is 20.1 Å². The van der Waals surface area contributed by atoms with Crippen LogP contribution < -0.4 is 0 Å². The second-order valence-electron chi connectivity index (χ2n) is 6.47. The van der Waals surface area contributed by atoms with Crippen LogP contribution in [0.2, 0.25) is 0 Å². The SMILES string of the molecule is CC(C)=CCc1cc(C2OC(=O)C(O)=C2c2ccc(O)cc2)ccc1O. The maximum absolute atomic E-state index is 11.9. The molecule has 0 aliphatic carbocycles. The summed E-state index contributed by atoms with van der Waals surface area (Å²) in [5, 5.41) is 29.7. The number of rotatable bonds is 4. The van der Waals surface area contributed by atoms with Gasteiger partial charge in [-0.3, -0.25) is 0 Å². The fourth-order valence-electron chi connectivity index (χ4n) is 2.87. The minimum atomic E-state index is -0.794. The van der Waals surface area contributed by atoms with Crippen molar-refractivity contribution >= 4 is 11.5 Å². The first kappa shape index (κ1) is 17.6. The van der Waals surface area contributed by atoms with Gasteiger partial charge in [0.15, 0.2) is 6.10 Å². The summed E-state index contributed by atoms with van der Waals surface area (Å²) in [4.78, 5) is 11.9. The van der Waals surface area contributed by atoms with Crippen LogP contribution in [0.15, 0.2) is 59.9 Å². The minimum Gasteiger partial charge on any atom is -0.508 e. The standard InChI is InChI=1S/C21H20O5/c1-12(2)3-4-14-11-15(7-10-17(14)23)20-18(19(24)21(25)26-20)13-5-8-16(22)9-6-13/h3,5-11,20,22-24H,4H2,1-2H3. The van der Waals surface area contributed by atoms with Gasteiger partial charge >= 0.3 is 5.97 Å². The van der Waals surface area contributed by atoms with Crippen molar-refractivity contribution in [3.63, 3.8) is 0 Å². The van der Waals surface area contributed by atoms with E-state index in [0.29, 0.717) is 28.7 Å². The molecule has 3 rings (SSSR count). The molecule has 2 aromatic carbocycles. The van der Waals surface area contributed by atoms with Gasteiger partial charge in [-0.1, -0.05) is 29.8 Å². The number of carbonyl (C=O) groups excluding carboxylic acids is 1. The van der Waals surface area contributed by atoms with Gasteiger partial charge in [0.25, 0.3) is 0 Å². The number of hydrogen-bond donors (Lipinski definition) is 3. The van der Waals surface area contributed by atoms with Gasteiger partial charge in [-0.25, -0.2) is 4.79 Å². The molecule has 134 valence electrons. The number of aliphatic hydroxyl groups excluding tert-OH is 1. The minimum absolute atomic E-state index is 0.0873. The topological polar surface area (TPSA) is 87.0 Å². The van der Waals surface area contributed by atoms with Gasteiger partial charge in [0.1, 0.15) is 11.5 Å². The van der Waals surface area contributed by atoms with Crippen LogP contribution in [0.5, 0.6) is 11.5 Å². The highest BCUT2D eigenvalue weighted by molar-refractivity contribution is 6.00. The van der Waals surface area contributed by atoms with Crippen molar-refractivity contribution in [1.82, 2.24) is 0 Å². The highest BCUT2D eigenvalue weighted by Crippen LogP contribution is 2.42. The Morgan fingerprint density at radius 2 is 1.77 bits per heavy atom. The highest BCUT2D eigenvalue weighted by atomic mass is 16.6. The zero-order valence-corrected chi connectivity index (χ0v) is 14.6. The van der Waals surface area contributed by atoms with Crippen molar-refractivity contribution in [3.8, 4) is 11.5 Å². The molecule has 0 bridgehead atoms. The molecule has 1 aliphatic rings. The number of hydrogen-bond acceptors (Lipinski definition) is 5. The molecule has 0 fully saturated rings. The maximum atomic E-state index is 11.9. The van der Waals surface area contributed by atoms with E-state index in [4.69, 9.17) is 4.74 Å². The van der Waals surface area contributed by atoms with Crippen LogP contribution in [0, 0.1) is 0 Å². The highest BCUT2D eigenvalue weighted by Gasteiger charge is 2.36. The summed E-state index contributed by atoms with van der Waals surface area (Å²) in [6.45, 7) is 3.95. The first-order valence-corrected chi connectivity index (χ1v) is 8.25. The van der Waals surface area contributed by atoms with E-state index >= 15 is 0 Å². The third-order valence-electron chi connectivity index (χ3n) is 4.25. The van der Waals surface area contributed by atoms with Crippen molar-refractivity contribution < 1.29 is 24.9 Å². The zero-order valence-electron chi connectivity index (χ0n) is 14.6. The Bertz CT molecular complexity index is 902. The molecule has 1 aliphatic heterocycles. The van der Waals surface area contributed by atoms with Gasteiger partial charge in [-0.15, -0.1) is 0 Å². The molecule has 5 nitrogen and oxygen atoms in total. The molecule has 1 unspecified atom stereocenters. The Morgan fingerprint density at radius 1 is 1.08 bits per heavy atom. The number of allylic oxidation sites excluding steroid dienone is 2. The summed E-state index contributed by atoms with van der Waals surface area (Å²) in [6.07, 6.45) is 1.76. The fourth-order valence-corrected chi connectivity index (χ4v) is 2.87. The van der Waals surface area contributed by atoms with E-state index in [1.165, 1.54) is 12.1 Å². The number of esters is 1. The normalized spacial score (nSPS) is 16.5. The van der Waals surface area contributed by atoms with E-state index in [2.05, 4.69) is 0 Å². The summed E-state index contributed by atoms with van der Waals surface area (Å²) in [5.41, 5.74) is 3.41. The molecule has 2 aromatic rings. The quantitative estimate of drug-likeness (QED) is 0.568. The van der Waals surface area contributed by atoms with Crippen LogP contribution in [0.4, 0.5) is 0 Å². The number of phenols is 2. The van der Waals surface area contributed by atoms with E-state index in [-0.39, 0.29) is 11.5 Å². The van der Waals surface area contributed by atoms with E-state index in [1.54, 1.807) is 30.3 Å². The van der Waals surface area contributed by atoms with Crippen LogP contribution in [0.3, 0.4) is 0 Å². The van der Waals surface area contributed by atoms with Gasteiger partial charge in [0.05, 0.1) is 5.57 Å². The predicted octanol–water partition coefficient (Wildman–Crippen LogP) is 4.17. The van der Waals surface area contributed by atoms with Crippen molar-refractivity contribution in [2.45, 2.75) is 26.4 Å². The number of aromatic hydroxyl groups is 2. The summed E-state index contributed by atoms with van der Waals surface area (Å²) in [6, 6.07) is 11.2. The monoisotopic (exact) mass is 352 g/mol. The Labute approximate surface area is 151 Å². The third-order valence-corrected chi connectivity index (χ3v) is 4.25. The predicted molar refractivity (Wildman–Crippen MR) is 97.7 cm³/mol. The molecule has 0 radical (unpaired) electrons. The third kappa shape index (κ3) is 3.42. The van der Waals surface area contributed by atoms with Gasteiger partial charge < -0.3 is 20.1 Å². The van der Waals surface area contributed by atoms with Crippen LogP contribution in [-0.2, 0) is 16.0 Å². The van der Waals surface area contributed by atoms with E-state index < -0.39 is 17.8 Å².